The maximum absolute atomic E-state index is 12.8. The molecule has 1 amide bonds. The lowest BCUT2D eigenvalue weighted by atomic mass is 10.0. The molecule has 0 atom stereocenters. The van der Waals surface area contributed by atoms with Gasteiger partial charge in [-0.2, -0.15) is 0 Å². The maximum atomic E-state index is 12.8. The normalized spacial score (nSPS) is 10.8. The van der Waals surface area contributed by atoms with Crippen LogP contribution in [0, 0.1) is 0 Å². The lowest BCUT2D eigenvalue weighted by Crippen LogP contribution is -2.30. The highest BCUT2D eigenvalue weighted by atomic mass is 16.5. The van der Waals surface area contributed by atoms with Crippen LogP contribution in [-0.4, -0.2) is 36.5 Å². The van der Waals surface area contributed by atoms with Gasteiger partial charge in [-0.25, -0.2) is 0 Å². The Balaban J connectivity index is 1.91. The summed E-state index contributed by atoms with van der Waals surface area (Å²) in [5, 5.41) is 3.65. The summed E-state index contributed by atoms with van der Waals surface area (Å²) in [6.07, 6.45) is 1.76. The van der Waals surface area contributed by atoms with Gasteiger partial charge in [0.2, 0.25) is 5.91 Å². The van der Waals surface area contributed by atoms with Gasteiger partial charge in [-0.15, -0.1) is 0 Å². The van der Waals surface area contributed by atoms with Gasteiger partial charge in [0.15, 0.2) is 5.78 Å². The minimum Gasteiger partial charge on any atom is -0.383 e. The minimum atomic E-state index is -0.114. The Morgan fingerprint density at radius 3 is 2.52 bits per heavy atom. The van der Waals surface area contributed by atoms with Crippen molar-refractivity contribution in [1.29, 1.82) is 0 Å². The van der Waals surface area contributed by atoms with Gasteiger partial charge in [0.05, 0.1) is 6.61 Å². The van der Waals surface area contributed by atoms with Crippen molar-refractivity contribution in [3.05, 3.63) is 71.9 Å². The van der Waals surface area contributed by atoms with Crippen molar-refractivity contribution in [2.45, 2.75) is 6.54 Å². The molecule has 0 saturated heterocycles. The Morgan fingerprint density at radius 1 is 1.04 bits per heavy atom. The van der Waals surface area contributed by atoms with Crippen molar-refractivity contribution in [2.75, 3.05) is 20.3 Å². The van der Waals surface area contributed by atoms with E-state index in [1.165, 1.54) is 0 Å². The lowest BCUT2D eigenvalue weighted by molar-refractivity contribution is -0.121. The zero-order chi connectivity index (χ0) is 17.6. The number of methoxy groups -OCH3 is 1. The zero-order valence-corrected chi connectivity index (χ0v) is 14.1. The van der Waals surface area contributed by atoms with E-state index in [2.05, 4.69) is 5.32 Å². The predicted molar refractivity (Wildman–Crippen MR) is 96.7 cm³/mol. The fourth-order valence-electron chi connectivity index (χ4n) is 2.81. The molecule has 0 aliphatic rings. The topological polar surface area (TPSA) is 60.3 Å². The van der Waals surface area contributed by atoms with Crippen molar-refractivity contribution in [3.63, 3.8) is 0 Å². The third kappa shape index (κ3) is 3.78. The Morgan fingerprint density at radius 2 is 1.76 bits per heavy atom. The molecule has 5 nitrogen and oxygen atoms in total. The second-order valence-electron chi connectivity index (χ2n) is 5.73. The van der Waals surface area contributed by atoms with Crippen LogP contribution in [0.2, 0.25) is 0 Å². The number of carbonyl (C=O) groups is 2. The average molecular weight is 336 g/mol. The zero-order valence-electron chi connectivity index (χ0n) is 14.1. The molecular formula is C20H20N2O3. The molecule has 128 valence electrons. The van der Waals surface area contributed by atoms with Crippen molar-refractivity contribution in [3.8, 4) is 0 Å². The minimum absolute atomic E-state index is 0.0460. The van der Waals surface area contributed by atoms with Crippen LogP contribution in [0.3, 0.4) is 0 Å². The van der Waals surface area contributed by atoms with E-state index in [0.717, 1.165) is 10.9 Å². The van der Waals surface area contributed by atoms with Crippen LogP contribution in [0.25, 0.3) is 10.9 Å². The summed E-state index contributed by atoms with van der Waals surface area (Å²) in [7, 11) is 1.59. The van der Waals surface area contributed by atoms with Crippen molar-refractivity contribution >= 4 is 22.6 Å². The molecule has 0 unspecified atom stereocenters. The Kier molecular flexibility index (Phi) is 5.26. The SMILES string of the molecule is COCCNC(=O)Cn1cc(C(=O)c2ccccc2)c2ccccc21. The first-order valence-electron chi connectivity index (χ1n) is 8.14. The maximum Gasteiger partial charge on any atom is 0.240 e. The quantitative estimate of drug-likeness (QED) is 0.533. The first-order chi connectivity index (χ1) is 12.2. The molecular weight excluding hydrogens is 316 g/mol. The van der Waals surface area contributed by atoms with Gasteiger partial charge in [-0.3, -0.25) is 9.59 Å². The second-order valence-corrected chi connectivity index (χ2v) is 5.73. The molecule has 0 fully saturated rings. The van der Waals surface area contributed by atoms with E-state index >= 15 is 0 Å². The first-order valence-corrected chi connectivity index (χ1v) is 8.14. The number of ether oxygens (including phenoxy) is 1. The summed E-state index contributed by atoms with van der Waals surface area (Å²) < 4.78 is 6.74. The van der Waals surface area contributed by atoms with Gasteiger partial charge in [0.1, 0.15) is 6.54 Å². The number of carbonyl (C=O) groups excluding carboxylic acids is 2. The number of amides is 1. The van der Waals surface area contributed by atoms with E-state index < -0.39 is 0 Å². The van der Waals surface area contributed by atoms with Crippen molar-refractivity contribution in [1.82, 2.24) is 9.88 Å². The van der Waals surface area contributed by atoms with Crippen LogP contribution >= 0.6 is 0 Å². The van der Waals surface area contributed by atoms with E-state index in [1.54, 1.807) is 25.4 Å². The molecule has 3 aromatic rings. The summed E-state index contributed by atoms with van der Waals surface area (Å²) in [5.41, 5.74) is 2.10. The fourth-order valence-corrected chi connectivity index (χ4v) is 2.81. The molecule has 0 aliphatic carbocycles. The molecule has 0 radical (unpaired) electrons. The summed E-state index contributed by atoms with van der Waals surface area (Å²) in [6.45, 7) is 1.09. The molecule has 0 bridgehead atoms. The number of ketones is 1. The number of nitrogens with zero attached hydrogens (tertiary/aromatic N) is 1. The highest BCUT2D eigenvalue weighted by Gasteiger charge is 2.17. The number of para-hydroxylation sites is 1. The highest BCUT2D eigenvalue weighted by Crippen LogP contribution is 2.23. The number of hydrogen-bond donors (Lipinski definition) is 1. The summed E-state index contributed by atoms with van der Waals surface area (Å²) in [6, 6.07) is 16.8. The molecule has 1 aromatic heterocycles. The molecule has 5 heteroatoms. The molecule has 2 aromatic carbocycles. The number of aromatic nitrogens is 1. The third-order valence-electron chi connectivity index (χ3n) is 4.01. The number of nitrogens with one attached hydrogen (secondary N) is 1. The first kappa shape index (κ1) is 16.9. The van der Waals surface area contributed by atoms with Crippen LogP contribution in [0.4, 0.5) is 0 Å². The van der Waals surface area contributed by atoms with Crippen LogP contribution < -0.4 is 5.32 Å². The summed E-state index contributed by atoms with van der Waals surface area (Å²) in [5.74, 6) is -0.160. The van der Waals surface area contributed by atoms with Crippen molar-refractivity contribution < 1.29 is 14.3 Å². The molecule has 1 heterocycles. The number of benzene rings is 2. The standard InChI is InChI=1S/C20H20N2O3/c1-25-12-11-21-19(23)14-22-13-17(16-9-5-6-10-18(16)22)20(24)15-7-3-2-4-8-15/h2-10,13H,11-12,14H2,1H3,(H,21,23). The fraction of sp³-hybridized carbons (Fsp3) is 0.200. The van der Waals surface area contributed by atoms with E-state index in [4.69, 9.17) is 4.74 Å². The van der Waals surface area contributed by atoms with E-state index in [9.17, 15) is 9.59 Å². The lowest BCUT2D eigenvalue weighted by Gasteiger charge is -2.06. The average Bonchev–Trinajstić information content (AvgIpc) is 3.01. The molecule has 1 N–H and O–H groups in total. The Labute approximate surface area is 146 Å². The Bertz CT molecular complexity index is 884. The number of fused-ring (bicyclic) bond motifs is 1. The highest BCUT2D eigenvalue weighted by molar-refractivity contribution is 6.16. The van der Waals surface area contributed by atoms with Gasteiger partial charge in [0, 0.05) is 41.9 Å². The summed E-state index contributed by atoms with van der Waals surface area (Å²) in [4.78, 5) is 24.9. The molecule has 25 heavy (non-hydrogen) atoms. The van der Waals surface area contributed by atoms with Gasteiger partial charge >= 0.3 is 0 Å². The van der Waals surface area contributed by atoms with E-state index in [1.807, 2.05) is 47.0 Å². The molecule has 0 aliphatic heterocycles. The Hall–Kier alpha value is -2.92. The largest absolute Gasteiger partial charge is 0.383 e. The number of rotatable bonds is 7. The smallest absolute Gasteiger partial charge is 0.240 e. The van der Waals surface area contributed by atoms with Crippen LogP contribution in [0.15, 0.2) is 60.8 Å². The third-order valence-corrected chi connectivity index (χ3v) is 4.01. The summed E-state index contributed by atoms with van der Waals surface area (Å²) >= 11 is 0. The monoisotopic (exact) mass is 336 g/mol. The number of hydrogen-bond acceptors (Lipinski definition) is 3. The van der Waals surface area contributed by atoms with Gasteiger partial charge in [-0.05, 0) is 6.07 Å². The molecule has 0 saturated carbocycles. The van der Waals surface area contributed by atoms with E-state index in [0.29, 0.717) is 24.3 Å². The molecule has 0 spiro atoms. The predicted octanol–water partition coefficient (Wildman–Crippen LogP) is 2.63. The van der Waals surface area contributed by atoms with Crippen molar-refractivity contribution in [2.24, 2.45) is 0 Å². The van der Waals surface area contributed by atoms with Gasteiger partial charge in [0.25, 0.3) is 0 Å². The van der Waals surface area contributed by atoms with Crippen LogP contribution in [-0.2, 0) is 16.1 Å². The van der Waals surface area contributed by atoms with Gasteiger partial charge < -0.3 is 14.6 Å². The van der Waals surface area contributed by atoms with E-state index in [-0.39, 0.29) is 18.2 Å². The van der Waals surface area contributed by atoms with Crippen LogP contribution in [0.5, 0.6) is 0 Å². The van der Waals surface area contributed by atoms with Gasteiger partial charge in [-0.1, -0.05) is 48.5 Å². The second kappa shape index (κ2) is 7.77. The molecule has 3 rings (SSSR count). The van der Waals surface area contributed by atoms with Crippen LogP contribution in [0.1, 0.15) is 15.9 Å².